The van der Waals surface area contributed by atoms with Crippen LogP contribution >= 0.6 is 11.3 Å². The Morgan fingerprint density at radius 1 is 1.19 bits per heavy atom. The van der Waals surface area contributed by atoms with Crippen LogP contribution in [0, 0.1) is 0 Å². The Hall–Kier alpha value is -3.21. The molecule has 0 saturated carbocycles. The number of aryl methyl sites for hydroxylation is 1. The summed E-state index contributed by atoms with van der Waals surface area (Å²) in [5, 5.41) is 10.8. The van der Waals surface area contributed by atoms with E-state index in [1.165, 1.54) is 4.68 Å². The maximum Gasteiger partial charge on any atom is 0.435 e. The molecule has 3 aromatic heterocycles. The number of hydrogen-bond acceptors (Lipinski definition) is 6. The number of nitrogens with zero attached hydrogens (tertiary/aromatic N) is 5. The Balaban J connectivity index is 1.19. The zero-order valence-corrected chi connectivity index (χ0v) is 20.6. The molecule has 1 aliphatic heterocycles. The van der Waals surface area contributed by atoms with Crippen molar-refractivity contribution < 1.29 is 22.5 Å². The third kappa shape index (κ3) is 5.16. The summed E-state index contributed by atoms with van der Waals surface area (Å²) in [7, 11) is 0. The lowest BCUT2D eigenvalue weighted by atomic mass is 9.97. The zero-order valence-electron chi connectivity index (χ0n) is 19.8. The van der Waals surface area contributed by atoms with Crippen molar-refractivity contribution >= 4 is 22.8 Å². The lowest BCUT2D eigenvalue weighted by Crippen LogP contribution is -2.40. The summed E-state index contributed by atoms with van der Waals surface area (Å²) in [6.07, 6.45) is 5.64. The van der Waals surface area contributed by atoms with Gasteiger partial charge in [0.2, 0.25) is 5.91 Å². The van der Waals surface area contributed by atoms with Gasteiger partial charge in [-0.05, 0) is 38.2 Å². The molecule has 3 aromatic rings. The molecule has 7 nitrogen and oxygen atoms in total. The molecule has 0 spiro atoms. The Kier molecular flexibility index (Phi) is 6.83. The molecular weight excluding hydrogens is 491 g/mol. The van der Waals surface area contributed by atoms with Crippen LogP contribution in [0.4, 0.5) is 13.2 Å². The number of carbonyl (C=O) groups is 1. The van der Waals surface area contributed by atoms with Gasteiger partial charge >= 0.3 is 6.18 Å². The van der Waals surface area contributed by atoms with Crippen LogP contribution < -0.4 is 0 Å². The van der Waals surface area contributed by atoms with Gasteiger partial charge in [0.25, 0.3) is 0 Å². The molecule has 0 bridgehead atoms. The van der Waals surface area contributed by atoms with Crippen molar-refractivity contribution in [1.82, 2.24) is 24.8 Å². The predicted octanol–water partition coefficient (Wildman–Crippen LogP) is 5.72. The van der Waals surface area contributed by atoms with E-state index in [4.69, 9.17) is 9.51 Å². The number of hydrogen-bond donors (Lipinski definition) is 0. The molecule has 2 aliphatic rings. The second kappa shape index (κ2) is 10.0. The van der Waals surface area contributed by atoms with Gasteiger partial charge < -0.3 is 9.42 Å². The quantitative estimate of drug-likeness (QED) is 0.418. The van der Waals surface area contributed by atoms with E-state index in [9.17, 15) is 18.0 Å². The molecule has 1 aliphatic carbocycles. The highest BCUT2D eigenvalue weighted by Crippen LogP contribution is 2.34. The van der Waals surface area contributed by atoms with Gasteiger partial charge in [-0.1, -0.05) is 30.3 Å². The molecule has 1 fully saturated rings. The first-order valence-electron chi connectivity index (χ1n) is 12.0. The van der Waals surface area contributed by atoms with E-state index in [0.717, 1.165) is 53.8 Å². The monoisotopic (exact) mass is 517 g/mol. The number of aromatic nitrogens is 4. The molecule has 36 heavy (non-hydrogen) atoms. The number of rotatable bonds is 6. The molecule has 0 unspecified atom stereocenters. The lowest BCUT2D eigenvalue weighted by Gasteiger charge is -2.31. The van der Waals surface area contributed by atoms with Crippen LogP contribution in [-0.2, 0) is 23.9 Å². The number of alkyl halides is 3. The van der Waals surface area contributed by atoms with E-state index in [-0.39, 0.29) is 18.4 Å². The minimum absolute atomic E-state index is 0.189. The first-order valence-corrected chi connectivity index (χ1v) is 12.9. The van der Waals surface area contributed by atoms with Crippen molar-refractivity contribution in [3.63, 3.8) is 0 Å². The zero-order chi connectivity index (χ0) is 25.3. The summed E-state index contributed by atoms with van der Waals surface area (Å²) < 4.78 is 45.8. The van der Waals surface area contributed by atoms with Crippen LogP contribution in [0.3, 0.4) is 0 Å². The fourth-order valence-corrected chi connectivity index (χ4v) is 5.53. The number of allylic oxidation sites excluding steroid dienone is 4. The molecule has 0 N–H and O–H groups in total. The van der Waals surface area contributed by atoms with E-state index in [2.05, 4.69) is 22.4 Å². The van der Waals surface area contributed by atoms with Crippen LogP contribution in [0.5, 0.6) is 0 Å². The second-order valence-electron chi connectivity index (χ2n) is 8.97. The lowest BCUT2D eigenvalue weighted by molar-refractivity contribution is -0.142. The van der Waals surface area contributed by atoms with E-state index in [0.29, 0.717) is 30.9 Å². The molecule has 0 aromatic carbocycles. The summed E-state index contributed by atoms with van der Waals surface area (Å²) in [6, 6.07) is 2.92. The highest BCUT2D eigenvalue weighted by molar-refractivity contribution is 7.10. The normalized spacial score (nSPS) is 17.0. The third-order valence-corrected chi connectivity index (χ3v) is 7.58. The molecule has 190 valence electrons. The summed E-state index contributed by atoms with van der Waals surface area (Å²) in [6.45, 7) is 2.62. The molecule has 5 rings (SSSR count). The fourth-order valence-electron chi connectivity index (χ4n) is 4.54. The molecule has 1 saturated heterocycles. The molecule has 0 radical (unpaired) electrons. The summed E-state index contributed by atoms with van der Waals surface area (Å²) in [5.74, 6) is 0.727. The van der Waals surface area contributed by atoms with E-state index >= 15 is 0 Å². The van der Waals surface area contributed by atoms with Crippen LogP contribution in [0.25, 0.3) is 17.0 Å². The summed E-state index contributed by atoms with van der Waals surface area (Å²) >= 11 is 1.57. The van der Waals surface area contributed by atoms with Gasteiger partial charge in [-0.15, -0.1) is 11.3 Å². The van der Waals surface area contributed by atoms with Gasteiger partial charge in [0, 0.05) is 41.7 Å². The average Bonchev–Trinajstić information content (AvgIpc) is 3.63. The van der Waals surface area contributed by atoms with E-state index in [1.807, 2.05) is 17.5 Å². The number of likely N-dealkylation sites (tertiary alicyclic amines) is 1. The molecule has 4 heterocycles. The molecule has 1 amide bonds. The highest BCUT2D eigenvalue weighted by atomic mass is 32.1. The maximum absolute atomic E-state index is 13.0. The van der Waals surface area contributed by atoms with Gasteiger partial charge in [-0.25, -0.2) is 4.98 Å². The standard InChI is InChI=1S/C25H26F3N5O2S/c1-2-18-12-22(25(26,27)28)30-33(18)14-23(34)32-10-8-17(9-11-32)24-29-20(15-36-24)19-13-21(35-31-19)16-6-4-3-5-7-16/h4,6-7,12-13,15,17H,2-3,5,8-11,14H2,1H3. The average molecular weight is 518 g/mol. The van der Waals surface area contributed by atoms with Crippen LogP contribution in [0.2, 0.25) is 0 Å². The van der Waals surface area contributed by atoms with Gasteiger partial charge in [-0.2, -0.15) is 18.3 Å². The molecule has 11 heteroatoms. The smallest absolute Gasteiger partial charge is 0.356 e. The topological polar surface area (TPSA) is 77.0 Å². The minimum atomic E-state index is -4.53. The fraction of sp³-hybridized carbons (Fsp3) is 0.440. The second-order valence-corrected chi connectivity index (χ2v) is 9.86. The number of carbonyl (C=O) groups excluding carboxylic acids is 1. The highest BCUT2D eigenvalue weighted by Gasteiger charge is 2.35. The van der Waals surface area contributed by atoms with Crippen LogP contribution in [0.1, 0.15) is 60.7 Å². The van der Waals surface area contributed by atoms with Crippen molar-refractivity contribution in [2.45, 2.75) is 57.7 Å². The molecular formula is C25H26F3N5O2S. The first kappa shape index (κ1) is 24.5. The minimum Gasteiger partial charge on any atom is -0.356 e. The van der Waals surface area contributed by atoms with Crippen molar-refractivity contribution in [3.8, 4) is 11.4 Å². The Bertz CT molecular complexity index is 1300. The van der Waals surface area contributed by atoms with Gasteiger partial charge in [0.1, 0.15) is 17.9 Å². The number of piperidine rings is 1. The number of halogens is 3. The first-order chi connectivity index (χ1) is 17.3. The number of thiazole rings is 1. The Morgan fingerprint density at radius 3 is 2.69 bits per heavy atom. The van der Waals surface area contributed by atoms with Gasteiger partial charge in [-0.3, -0.25) is 9.48 Å². The Morgan fingerprint density at radius 2 is 2.00 bits per heavy atom. The SMILES string of the molecule is CCc1cc(C(F)(F)F)nn1CC(=O)N1CCC(c2nc(-c3cc(C4=CCCC=C4)on3)cs2)CC1. The van der Waals surface area contributed by atoms with E-state index in [1.54, 1.807) is 23.2 Å². The maximum atomic E-state index is 13.0. The van der Waals surface area contributed by atoms with Gasteiger partial charge in [0.15, 0.2) is 11.5 Å². The number of amides is 1. The third-order valence-electron chi connectivity index (χ3n) is 6.57. The van der Waals surface area contributed by atoms with Crippen LogP contribution in [0.15, 0.2) is 40.3 Å². The van der Waals surface area contributed by atoms with Crippen molar-refractivity contribution in [2.75, 3.05) is 13.1 Å². The van der Waals surface area contributed by atoms with Gasteiger partial charge in [0.05, 0.1) is 5.01 Å². The van der Waals surface area contributed by atoms with Crippen molar-refractivity contribution in [2.24, 2.45) is 0 Å². The summed E-state index contributed by atoms with van der Waals surface area (Å²) in [5.41, 5.74) is 1.94. The summed E-state index contributed by atoms with van der Waals surface area (Å²) in [4.78, 5) is 19.3. The van der Waals surface area contributed by atoms with Crippen molar-refractivity contribution in [3.05, 3.63) is 57.9 Å². The van der Waals surface area contributed by atoms with Crippen LogP contribution in [-0.4, -0.2) is 43.8 Å². The predicted molar refractivity (Wildman–Crippen MR) is 129 cm³/mol. The van der Waals surface area contributed by atoms with E-state index < -0.39 is 11.9 Å². The Labute approximate surface area is 210 Å². The van der Waals surface area contributed by atoms with Crippen molar-refractivity contribution in [1.29, 1.82) is 0 Å². The largest absolute Gasteiger partial charge is 0.435 e. The molecule has 0 atom stereocenters.